The van der Waals surface area contributed by atoms with Crippen molar-refractivity contribution >= 4 is 0 Å². The molecule has 0 amide bonds. The van der Waals surface area contributed by atoms with Crippen molar-refractivity contribution in [1.82, 2.24) is 0 Å². The molecule has 0 heterocycles. The van der Waals surface area contributed by atoms with E-state index in [4.69, 9.17) is 10.5 Å². The highest BCUT2D eigenvalue weighted by Crippen LogP contribution is 2.21. The van der Waals surface area contributed by atoms with E-state index in [1.54, 1.807) is 0 Å². The fourth-order valence-electron chi connectivity index (χ4n) is 2.39. The smallest absolute Gasteiger partial charge is 0.119 e. The lowest BCUT2D eigenvalue weighted by Crippen LogP contribution is -2.13. The van der Waals surface area contributed by atoms with Crippen LogP contribution >= 0.6 is 0 Å². The number of rotatable bonds is 6. The minimum absolute atomic E-state index is 0.0316. The van der Waals surface area contributed by atoms with Gasteiger partial charge < -0.3 is 10.5 Å². The zero-order valence-corrected chi connectivity index (χ0v) is 13.2. The molecule has 0 fully saturated rings. The molecular weight excluding hydrogens is 258 g/mol. The lowest BCUT2D eigenvalue weighted by molar-refractivity contribution is 0.340. The van der Waals surface area contributed by atoms with Crippen LogP contribution in [0.25, 0.3) is 0 Å². The largest absolute Gasteiger partial charge is 0.494 e. The highest BCUT2D eigenvalue weighted by atomic mass is 16.5. The number of hydrogen-bond donors (Lipinski definition) is 1. The minimum Gasteiger partial charge on any atom is -0.494 e. The first-order chi connectivity index (χ1) is 10.1. The third-order valence-corrected chi connectivity index (χ3v) is 3.72. The molecule has 0 spiro atoms. The van der Waals surface area contributed by atoms with E-state index in [0.29, 0.717) is 12.5 Å². The number of ether oxygens (including phenoxy) is 1. The average molecular weight is 283 g/mol. The van der Waals surface area contributed by atoms with E-state index in [1.165, 1.54) is 16.7 Å². The molecule has 2 heteroatoms. The van der Waals surface area contributed by atoms with Crippen LogP contribution in [0.4, 0.5) is 0 Å². The second kappa shape index (κ2) is 7.28. The van der Waals surface area contributed by atoms with Gasteiger partial charge in [0.25, 0.3) is 0 Å². The topological polar surface area (TPSA) is 35.2 Å². The summed E-state index contributed by atoms with van der Waals surface area (Å²) in [5, 5.41) is 0. The quantitative estimate of drug-likeness (QED) is 0.850. The Kier molecular flexibility index (Phi) is 5.40. The van der Waals surface area contributed by atoms with Crippen LogP contribution in [-0.2, 0) is 6.42 Å². The summed E-state index contributed by atoms with van der Waals surface area (Å²) in [7, 11) is 0. The van der Waals surface area contributed by atoms with Crippen molar-refractivity contribution in [3.63, 3.8) is 0 Å². The van der Waals surface area contributed by atoms with Gasteiger partial charge in [-0.25, -0.2) is 0 Å². The van der Waals surface area contributed by atoms with Gasteiger partial charge in [0.05, 0.1) is 6.61 Å². The molecule has 0 aliphatic heterocycles. The van der Waals surface area contributed by atoms with Gasteiger partial charge in [-0.05, 0) is 48.1 Å². The van der Waals surface area contributed by atoms with E-state index in [2.05, 4.69) is 50.2 Å². The summed E-state index contributed by atoms with van der Waals surface area (Å²) in [4.78, 5) is 0. The molecule has 2 rings (SSSR count). The van der Waals surface area contributed by atoms with E-state index in [0.717, 1.165) is 12.2 Å². The first kappa shape index (κ1) is 15.6. The molecule has 2 nitrogen and oxygen atoms in total. The Bertz CT molecular complexity index is 543. The Balaban J connectivity index is 2.01. The Morgan fingerprint density at radius 3 is 2.00 bits per heavy atom. The monoisotopic (exact) mass is 283 g/mol. The number of hydrogen-bond acceptors (Lipinski definition) is 2. The van der Waals surface area contributed by atoms with Crippen LogP contribution in [0.2, 0.25) is 0 Å². The first-order valence-electron chi connectivity index (χ1n) is 7.67. The van der Waals surface area contributed by atoms with Crippen molar-refractivity contribution in [1.29, 1.82) is 0 Å². The van der Waals surface area contributed by atoms with E-state index < -0.39 is 0 Å². The van der Waals surface area contributed by atoms with Gasteiger partial charge in [-0.1, -0.05) is 50.2 Å². The second-order valence-electron chi connectivity index (χ2n) is 5.71. The summed E-state index contributed by atoms with van der Waals surface area (Å²) in [5.74, 6) is 1.47. The molecule has 0 aliphatic carbocycles. The van der Waals surface area contributed by atoms with Gasteiger partial charge in [0.2, 0.25) is 0 Å². The lowest BCUT2D eigenvalue weighted by Gasteiger charge is -2.14. The summed E-state index contributed by atoms with van der Waals surface area (Å²) in [6.07, 6.45) is 0.841. The van der Waals surface area contributed by atoms with Crippen LogP contribution in [0, 0.1) is 0 Å². The van der Waals surface area contributed by atoms with Crippen molar-refractivity contribution in [2.75, 3.05) is 6.61 Å². The molecule has 2 aromatic carbocycles. The Morgan fingerprint density at radius 1 is 0.905 bits per heavy atom. The summed E-state index contributed by atoms with van der Waals surface area (Å²) < 4.78 is 5.45. The van der Waals surface area contributed by atoms with Gasteiger partial charge in [0, 0.05) is 6.04 Å². The van der Waals surface area contributed by atoms with Crippen molar-refractivity contribution in [2.24, 2.45) is 5.73 Å². The average Bonchev–Trinajstić information content (AvgIpc) is 2.49. The first-order valence-corrected chi connectivity index (χ1v) is 7.67. The Labute approximate surface area is 127 Å². The van der Waals surface area contributed by atoms with Gasteiger partial charge in [-0.15, -0.1) is 0 Å². The van der Waals surface area contributed by atoms with Crippen LogP contribution in [0.1, 0.15) is 49.4 Å². The molecule has 0 bridgehead atoms. The third-order valence-electron chi connectivity index (χ3n) is 3.72. The van der Waals surface area contributed by atoms with Crippen molar-refractivity contribution < 1.29 is 4.74 Å². The molecule has 1 unspecified atom stereocenters. The van der Waals surface area contributed by atoms with Crippen LogP contribution in [-0.4, -0.2) is 6.61 Å². The van der Waals surface area contributed by atoms with Gasteiger partial charge >= 0.3 is 0 Å². The molecule has 2 aromatic rings. The number of nitrogens with two attached hydrogens (primary N) is 1. The van der Waals surface area contributed by atoms with Gasteiger partial charge in [-0.3, -0.25) is 0 Å². The van der Waals surface area contributed by atoms with Crippen molar-refractivity contribution in [3.8, 4) is 5.75 Å². The predicted molar refractivity (Wildman–Crippen MR) is 88.8 cm³/mol. The van der Waals surface area contributed by atoms with E-state index in [1.807, 2.05) is 19.1 Å². The summed E-state index contributed by atoms with van der Waals surface area (Å²) in [6.45, 7) is 7.09. The van der Waals surface area contributed by atoms with Gasteiger partial charge in [0.1, 0.15) is 5.75 Å². The maximum Gasteiger partial charge on any atom is 0.119 e. The molecule has 21 heavy (non-hydrogen) atoms. The molecule has 0 aliphatic rings. The Hall–Kier alpha value is -1.80. The van der Waals surface area contributed by atoms with Crippen molar-refractivity contribution in [2.45, 2.75) is 39.2 Å². The lowest BCUT2D eigenvalue weighted by atomic mass is 9.96. The molecule has 0 radical (unpaired) electrons. The summed E-state index contributed by atoms with van der Waals surface area (Å²) in [5.41, 5.74) is 10.1. The zero-order chi connectivity index (χ0) is 15.2. The summed E-state index contributed by atoms with van der Waals surface area (Å²) >= 11 is 0. The highest BCUT2D eigenvalue weighted by molar-refractivity contribution is 5.31. The van der Waals surface area contributed by atoms with Gasteiger partial charge in [0.15, 0.2) is 0 Å². The van der Waals surface area contributed by atoms with Crippen LogP contribution < -0.4 is 10.5 Å². The second-order valence-corrected chi connectivity index (χ2v) is 5.71. The molecule has 2 N–H and O–H groups in total. The fourth-order valence-corrected chi connectivity index (χ4v) is 2.39. The fraction of sp³-hybridized carbons (Fsp3) is 0.368. The predicted octanol–water partition coefficient (Wildman–Crippen LogP) is 4.45. The maximum absolute atomic E-state index is 6.32. The van der Waals surface area contributed by atoms with E-state index >= 15 is 0 Å². The molecule has 112 valence electrons. The number of benzene rings is 2. The third kappa shape index (κ3) is 4.33. The normalized spacial score (nSPS) is 12.4. The van der Waals surface area contributed by atoms with E-state index in [-0.39, 0.29) is 6.04 Å². The minimum atomic E-state index is 0.0316. The van der Waals surface area contributed by atoms with Crippen molar-refractivity contribution in [3.05, 3.63) is 65.2 Å². The molecule has 0 saturated carbocycles. The van der Waals surface area contributed by atoms with Crippen LogP contribution in [0.15, 0.2) is 48.5 Å². The van der Waals surface area contributed by atoms with Gasteiger partial charge in [-0.2, -0.15) is 0 Å². The SMILES string of the molecule is CCOc1ccc(CC(N)c2ccc(C(C)C)cc2)cc1. The van der Waals surface area contributed by atoms with Crippen LogP contribution in [0.3, 0.4) is 0 Å². The molecule has 0 saturated heterocycles. The maximum atomic E-state index is 6.32. The summed E-state index contributed by atoms with van der Waals surface area (Å²) in [6, 6.07) is 16.9. The van der Waals surface area contributed by atoms with E-state index in [9.17, 15) is 0 Å². The highest BCUT2D eigenvalue weighted by Gasteiger charge is 2.08. The Morgan fingerprint density at radius 2 is 1.48 bits per heavy atom. The molecule has 0 aromatic heterocycles. The van der Waals surface area contributed by atoms with Crippen LogP contribution in [0.5, 0.6) is 5.75 Å². The zero-order valence-electron chi connectivity index (χ0n) is 13.2. The molecular formula is C19H25NO. The standard InChI is InChI=1S/C19H25NO/c1-4-21-18-11-5-15(6-12-18)13-19(20)17-9-7-16(8-10-17)14(2)3/h5-12,14,19H,4,13,20H2,1-3H3. The molecule has 1 atom stereocenters.